The van der Waals surface area contributed by atoms with Crippen LogP contribution < -0.4 is 5.32 Å². The Kier molecular flexibility index (Phi) is 5.99. The van der Waals surface area contributed by atoms with Crippen molar-refractivity contribution in [2.75, 3.05) is 26.3 Å². The summed E-state index contributed by atoms with van der Waals surface area (Å²) in [6, 6.07) is 0. The first kappa shape index (κ1) is 13.1. The SMILES string of the molecule is CCOCC(O)CNCCc1noc(C)n1. The van der Waals surface area contributed by atoms with E-state index in [1.165, 1.54) is 0 Å². The number of aliphatic hydroxyl groups is 1. The maximum Gasteiger partial charge on any atom is 0.223 e. The molecule has 6 heteroatoms. The molecule has 0 aromatic carbocycles. The number of aliphatic hydroxyl groups excluding tert-OH is 1. The van der Waals surface area contributed by atoms with E-state index in [0.29, 0.717) is 44.4 Å². The molecular weight excluding hydrogens is 210 g/mol. The zero-order chi connectivity index (χ0) is 11.8. The van der Waals surface area contributed by atoms with Gasteiger partial charge in [-0.15, -0.1) is 0 Å². The van der Waals surface area contributed by atoms with Crippen LogP contribution in [0.25, 0.3) is 0 Å². The minimum atomic E-state index is -0.466. The summed E-state index contributed by atoms with van der Waals surface area (Å²) >= 11 is 0. The largest absolute Gasteiger partial charge is 0.389 e. The second kappa shape index (κ2) is 7.32. The van der Waals surface area contributed by atoms with E-state index in [0.717, 1.165) is 0 Å². The lowest BCUT2D eigenvalue weighted by molar-refractivity contribution is 0.0430. The van der Waals surface area contributed by atoms with Crippen LogP contribution in [0.2, 0.25) is 0 Å². The van der Waals surface area contributed by atoms with Gasteiger partial charge in [0.05, 0.1) is 12.7 Å². The molecule has 6 nitrogen and oxygen atoms in total. The average Bonchev–Trinajstić information content (AvgIpc) is 2.67. The van der Waals surface area contributed by atoms with Crippen LogP contribution in [0.3, 0.4) is 0 Å². The van der Waals surface area contributed by atoms with E-state index in [4.69, 9.17) is 9.26 Å². The molecule has 0 amide bonds. The van der Waals surface area contributed by atoms with Crippen LogP contribution in [0, 0.1) is 6.92 Å². The number of hydrogen-bond donors (Lipinski definition) is 2. The van der Waals surface area contributed by atoms with Crippen molar-refractivity contribution in [2.45, 2.75) is 26.4 Å². The number of nitrogens with zero attached hydrogens (tertiary/aromatic N) is 2. The zero-order valence-corrected chi connectivity index (χ0v) is 9.77. The Labute approximate surface area is 95.0 Å². The molecule has 0 fully saturated rings. The number of ether oxygens (including phenoxy) is 1. The van der Waals surface area contributed by atoms with Gasteiger partial charge in [-0.25, -0.2) is 0 Å². The number of aromatic nitrogens is 2. The summed E-state index contributed by atoms with van der Waals surface area (Å²) in [7, 11) is 0. The topological polar surface area (TPSA) is 80.4 Å². The Hall–Kier alpha value is -0.980. The van der Waals surface area contributed by atoms with E-state index in [1.807, 2.05) is 6.92 Å². The van der Waals surface area contributed by atoms with Crippen molar-refractivity contribution in [3.8, 4) is 0 Å². The predicted octanol–water partition coefficient (Wildman–Crippen LogP) is -0.0925. The lowest BCUT2D eigenvalue weighted by Crippen LogP contribution is -2.31. The van der Waals surface area contributed by atoms with E-state index < -0.39 is 6.10 Å². The lowest BCUT2D eigenvalue weighted by Gasteiger charge is -2.10. The molecule has 0 radical (unpaired) electrons. The molecule has 0 aliphatic heterocycles. The molecule has 0 spiro atoms. The summed E-state index contributed by atoms with van der Waals surface area (Å²) in [4.78, 5) is 4.07. The van der Waals surface area contributed by atoms with Crippen LogP contribution in [0.4, 0.5) is 0 Å². The summed E-state index contributed by atoms with van der Waals surface area (Å²) in [5.41, 5.74) is 0. The molecule has 1 unspecified atom stereocenters. The minimum Gasteiger partial charge on any atom is -0.389 e. The molecule has 1 heterocycles. The molecule has 1 aromatic rings. The van der Waals surface area contributed by atoms with Crippen LogP contribution in [0.1, 0.15) is 18.6 Å². The lowest BCUT2D eigenvalue weighted by atomic mass is 10.3. The Morgan fingerprint density at radius 1 is 1.56 bits per heavy atom. The summed E-state index contributed by atoms with van der Waals surface area (Å²) in [5, 5.41) is 16.3. The standard InChI is InChI=1S/C10H19N3O3/c1-3-15-7-9(14)6-11-5-4-10-12-8(2)16-13-10/h9,11,14H,3-7H2,1-2H3. The average molecular weight is 229 g/mol. The molecule has 0 saturated carbocycles. The van der Waals surface area contributed by atoms with Crippen LogP contribution in [-0.4, -0.2) is 47.7 Å². The first-order valence-electron chi connectivity index (χ1n) is 5.48. The fourth-order valence-corrected chi connectivity index (χ4v) is 1.22. The van der Waals surface area contributed by atoms with Crippen molar-refractivity contribution in [3.63, 3.8) is 0 Å². The highest BCUT2D eigenvalue weighted by atomic mass is 16.5. The molecule has 92 valence electrons. The molecule has 16 heavy (non-hydrogen) atoms. The van der Waals surface area contributed by atoms with Crippen molar-refractivity contribution in [2.24, 2.45) is 0 Å². The van der Waals surface area contributed by atoms with E-state index >= 15 is 0 Å². The van der Waals surface area contributed by atoms with Crippen molar-refractivity contribution in [3.05, 3.63) is 11.7 Å². The Morgan fingerprint density at radius 3 is 3.00 bits per heavy atom. The molecule has 1 aromatic heterocycles. The summed E-state index contributed by atoms with van der Waals surface area (Å²) < 4.78 is 9.92. The van der Waals surface area contributed by atoms with Gasteiger partial charge in [-0.3, -0.25) is 0 Å². The third-order valence-corrected chi connectivity index (χ3v) is 1.99. The maximum atomic E-state index is 9.44. The molecule has 0 aliphatic carbocycles. The maximum absolute atomic E-state index is 9.44. The number of rotatable bonds is 8. The van der Waals surface area contributed by atoms with Gasteiger partial charge in [-0.1, -0.05) is 5.16 Å². The van der Waals surface area contributed by atoms with E-state index in [-0.39, 0.29) is 0 Å². The first-order chi connectivity index (χ1) is 7.72. The van der Waals surface area contributed by atoms with Crippen molar-refractivity contribution in [1.29, 1.82) is 0 Å². The summed E-state index contributed by atoms with van der Waals surface area (Å²) in [5.74, 6) is 1.26. The van der Waals surface area contributed by atoms with Gasteiger partial charge in [0, 0.05) is 33.0 Å². The van der Waals surface area contributed by atoms with Crippen molar-refractivity contribution >= 4 is 0 Å². The molecule has 0 saturated heterocycles. The Bertz CT molecular complexity index is 291. The third kappa shape index (κ3) is 5.20. The fourth-order valence-electron chi connectivity index (χ4n) is 1.22. The van der Waals surface area contributed by atoms with E-state index in [9.17, 15) is 5.11 Å². The Morgan fingerprint density at radius 2 is 2.38 bits per heavy atom. The highest BCUT2D eigenvalue weighted by Gasteiger charge is 2.04. The van der Waals surface area contributed by atoms with Crippen LogP contribution in [0.5, 0.6) is 0 Å². The van der Waals surface area contributed by atoms with Crippen molar-refractivity contribution < 1.29 is 14.4 Å². The summed E-state index contributed by atoms with van der Waals surface area (Å²) in [6.45, 7) is 5.87. The normalized spacial score (nSPS) is 12.9. The quantitative estimate of drug-likeness (QED) is 0.606. The molecule has 0 aliphatic rings. The molecular formula is C10H19N3O3. The van der Waals surface area contributed by atoms with Gasteiger partial charge in [0.25, 0.3) is 0 Å². The highest BCUT2D eigenvalue weighted by Crippen LogP contribution is 1.94. The number of hydrogen-bond acceptors (Lipinski definition) is 6. The first-order valence-corrected chi connectivity index (χ1v) is 5.48. The van der Waals surface area contributed by atoms with E-state index in [1.54, 1.807) is 6.92 Å². The van der Waals surface area contributed by atoms with Gasteiger partial charge in [0.2, 0.25) is 5.89 Å². The van der Waals surface area contributed by atoms with Gasteiger partial charge < -0.3 is 19.7 Å². The summed E-state index contributed by atoms with van der Waals surface area (Å²) in [6.07, 6.45) is 0.227. The van der Waals surface area contributed by atoms with Crippen LogP contribution in [-0.2, 0) is 11.2 Å². The van der Waals surface area contributed by atoms with Gasteiger partial charge in [0.15, 0.2) is 5.82 Å². The molecule has 1 rings (SSSR count). The minimum absolute atomic E-state index is 0.366. The smallest absolute Gasteiger partial charge is 0.223 e. The third-order valence-electron chi connectivity index (χ3n) is 1.99. The second-order valence-corrected chi connectivity index (χ2v) is 3.50. The Balaban J connectivity index is 2.03. The monoisotopic (exact) mass is 229 g/mol. The van der Waals surface area contributed by atoms with E-state index in [2.05, 4.69) is 15.5 Å². The van der Waals surface area contributed by atoms with Gasteiger partial charge >= 0.3 is 0 Å². The van der Waals surface area contributed by atoms with Gasteiger partial charge in [-0.05, 0) is 6.92 Å². The zero-order valence-electron chi connectivity index (χ0n) is 9.77. The molecule has 1 atom stereocenters. The van der Waals surface area contributed by atoms with Crippen LogP contribution in [0.15, 0.2) is 4.52 Å². The van der Waals surface area contributed by atoms with Crippen LogP contribution >= 0.6 is 0 Å². The molecule has 2 N–H and O–H groups in total. The number of nitrogens with one attached hydrogen (secondary N) is 1. The second-order valence-electron chi connectivity index (χ2n) is 3.50. The predicted molar refractivity (Wildman–Crippen MR) is 58.1 cm³/mol. The van der Waals surface area contributed by atoms with Gasteiger partial charge in [0.1, 0.15) is 0 Å². The van der Waals surface area contributed by atoms with Gasteiger partial charge in [-0.2, -0.15) is 4.98 Å². The molecule has 0 bridgehead atoms. The highest BCUT2D eigenvalue weighted by molar-refractivity contribution is 4.84. The van der Waals surface area contributed by atoms with Crippen molar-refractivity contribution in [1.82, 2.24) is 15.5 Å². The fraction of sp³-hybridized carbons (Fsp3) is 0.800. The number of aryl methyl sites for hydroxylation is 1.